The van der Waals surface area contributed by atoms with Crippen molar-refractivity contribution in [3.05, 3.63) is 70.3 Å². The summed E-state index contributed by atoms with van der Waals surface area (Å²) < 4.78 is 0. The standard InChI is InChI=1S/C16H16N6O/c1-11-7-8-13(18-9-11)14-19-15(21-16(23)20-14)22(17)10-12-5-3-2-4-6-12/h2-9H,10,17H2,1H3,(H,19,20,21,23). The number of rotatable bonds is 4. The van der Waals surface area contributed by atoms with E-state index in [1.807, 2.05) is 43.3 Å². The second-order valence-corrected chi connectivity index (χ2v) is 5.14. The van der Waals surface area contributed by atoms with Crippen LogP contribution in [-0.2, 0) is 6.54 Å². The Bertz CT molecular complexity index is 844. The molecule has 0 atom stereocenters. The number of nitrogens with one attached hydrogen (secondary N) is 1. The summed E-state index contributed by atoms with van der Waals surface area (Å²) in [5, 5.41) is 1.34. The molecule has 0 saturated carbocycles. The molecule has 116 valence electrons. The minimum Gasteiger partial charge on any atom is -0.288 e. The Balaban J connectivity index is 1.91. The van der Waals surface area contributed by atoms with Crippen molar-refractivity contribution in [2.24, 2.45) is 5.84 Å². The van der Waals surface area contributed by atoms with E-state index in [9.17, 15) is 4.79 Å². The number of hydrazine groups is 1. The van der Waals surface area contributed by atoms with Gasteiger partial charge in [0, 0.05) is 6.20 Å². The lowest BCUT2D eigenvalue weighted by Crippen LogP contribution is -2.34. The Hall–Kier alpha value is -3.06. The molecule has 0 bridgehead atoms. The zero-order valence-corrected chi connectivity index (χ0v) is 12.6. The predicted molar refractivity (Wildman–Crippen MR) is 87.4 cm³/mol. The fourth-order valence-corrected chi connectivity index (χ4v) is 2.08. The highest BCUT2D eigenvalue weighted by atomic mass is 16.1. The average Bonchev–Trinajstić information content (AvgIpc) is 2.56. The van der Waals surface area contributed by atoms with E-state index in [1.54, 1.807) is 12.3 Å². The lowest BCUT2D eigenvalue weighted by atomic mass is 10.2. The maximum Gasteiger partial charge on any atom is 0.349 e. The molecule has 0 spiro atoms. The summed E-state index contributed by atoms with van der Waals surface area (Å²) in [6, 6.07) is 13.3. The number of pyridine rings is 1. The van der Waals surface area contributed by atoms with Crippen LogP contribution in [0.4, 0.5) is 5.95 Å². The minimum absolute atomic E-state index is 0.148. The van der Waals surface area contributed by atoms with E-state index in [1.165, 1.54) is 5.01 Å². The molecule has 0 aliphatic carbocycles. The number of hydrogen-bond donors (Lipinski definition) is 2. The van der Waals surface area contributed by atoms with Crippen LogP contribution >= 0.6 is 0 Å². The van der Waals surface area contributed by atoms with Crippen molar-refractivity contribution < 1.29 is 0 Å². The van der Waals surface area contributed by atoms with Gasteiger partial charge in [-0.15, -0.1) is 0 Å². The molecule has 3 rings (SSSR count). The third kappa shape index (κ3) is 3.58. The molecule has 0 aliphatic rings. The van der Waals surface area contributed by atoms with Crippen molar-refractivity contribution in [1.82, 2.24) is 19.9 Å². The number of benzene rings is 1. The normalized spacial score (nSPS) is 10.5. The molecule has 23 heavy (non-hydrogen) atoms. The van der Waals surface area contributed by atoms with Crippen molar-refractivity contribution in [3.63, 3.8) is 0 Å². The highest BCUT2D eigenvalue weighted by Gasteiger charge is 2.11. The lowest BCUT2D eigenvalue weighted by molar-refractivity contribution is 0.790. The van der Waals surface area contributed by atoms with Gasteiger partial charge >= 0.3 is 5.69 Å². The maximum absolute atomic E-state index is 11.8. The largest absolute Gasteiger partial charge is 0.349 e. The number of aromatic amines is 1. The average molecular weight is 308 g/mol. The van der Waals surface area contributed by atoms with E-state index in [2.05, 4.69) is 19.9 Å². The molecule has 7 heteroatoms. The van der Waals surface area contributed by atoms with Gasteiger partial charge in [-0.25, -0.2) is 10.6 Å². The molecule has 3 N–H and O–H groups in total. The number of aryl methyl sites for hydroxylation is 1. The quantitative estimate of drug-likeness (QED) is 0.558. The van der Waals surface area contributed by atoms with Crippen LogP contribution in [-0.4, -0.2) is 19.9 Å². The topological polar surface area (TPSA) is 101 Å². The van der Waals surface area contributed by atoms with Gasteiger partial charge in [0.25, 0.3) is 0 Å². The molecule has 7 nitrogen and oxygen atoms in total. The molecule has 1 aromatic carbocycles. The molecule has 0 saturated heterocycles. The van der Waals surface area contributed by atoms with Gasteiger partial charge in [-0.2, -0.15) is 9.97 Å². The van der Waals surface area contributed by atoms with E-state index in [4.69, 9.17) is 5.84 Å². The van der Waals surface area contributed by atoms with Gasteiger partial charge < -0.3 is 0 Å². The Kier molecular flexibility index (Phi) is 4.11. The Morgan fingerprint density at radius 2 is 1.91 bits per heavy atom. The summed E-state index contributed by atoms with van der Waals surface area (Å²) in [7, 11) is 0. The minimum atomic E-state index is -0.518. The van der Waals surface area contributed by atoms with Gasteiger partial charge in [0.05, 0.1) is 6.54 Å². The number of aromatic nitrogens is 4. The highest BCUT2D eigenvalue weighted by molar-refractivity contribution is 5.50. The summed E-state index contributed by atoms with van der Waals surface area (Å²) in [4.78, 5) is 26.8. The molecule has 3 aromatic rings. The first kappa shape index (κ1) is 14.9. The molecule has 0 unspecified atom stereocenters. The molecule has 2 heterocycles. The number of H-pyrrole nitrogens is 1. The Labute approximate surface area is 132 Å². The Morgan fingerprint density at radius 3 is 2.61 bits per heavy atom. The van der Waals surface area contributed by atoms with Crippen LogP contribution in [0.15, 0.2) is 53.5 Å². The molecular formula is C16H16N6O. The van der Waals surface area contributed by atoms with Gasteiger partial charge in [0.1, 0.15) is 5.69 Å². The van der Waals surface area contributed by atoms with Crippen molar-refractivity contribution in [2.75, 3.05) is 5.01 Å². The number of nitrogens with zero attached hydrogens (tertiary/aromatic N) is 4. The number of hydrogen-bond acceptors (Lipinski definition) is 6. The number of nitrogens with two attached hydrogens (primary N) is 1. The zero-order valence-electron chi connectivity index (χ0n) is 12.6. The van der Waals surface area contributed by atoms with Crippen LogP contribution in [0.5, 0.6) is 0 Å². The van der Waals surface area contributed by atoms with Crippen LogP contribution < -0.4 is 16.5 Å². The smallest absolute Gasteiger partial charge is 0.288 e. The van der Waals surface area contributed by atoms with E-state index in [0.29, 0.717) is 18.1 Å². The van der Waals surface area contributed by atoms with E-state index in [0.717, 1.165) is 11.1 Å². The van der Waals surface area contributed by atoms with Crippen LogP contribution in [0.25, 0.3) is 11.5 Å². The lowest BCUT2D eigenvalue weighted by Gasteiger charge is -2.16. The molecule has 0 amide bonds. The molecular weight excluding hydrogens is 292 g/mol. The predicted octanol–water partition coefficient (Wildman–Crippen LogP) is 1.42. The van der Waals surface area contributed by atoms with Crippen molar-refractivity contribution in [3.8, 4) is 11.5 Å². The summed E-state index contributed by atoms with van der Waals surface area (Å²) in [5.74, 6) is 6.49. The van der Waals surface area contributed by atoms with E-state index >= 15 is 0 Å². The van der Waals surface area contributed by atoms with Gasteiger partial charge in [-0.05, 0) is 24.1 Å². The summed E-state index contributed by atoms with van der Waals surface area (Å²) in [6.07, 6.45) is 1.71. The van der Waals surface area contributed by atoms with E-state index in [-0.39, 0.29) is 5.95 Å². The van der Waals surface area contributed by atoms with Gasteiger partial charge in [0.2, 0.25) is 5.95 Å². The monoisotopic (exact) mass is 308 g/mol. The first-order valence-corrected chi connectivity index (χ1v) is 7.09. The van der Waals surface area contributed by atoms with Crippen LogP contribution in [0.3, 0.4) is 0 Å². The molecule has 2 aromatic heterocycles. The zero-order chi connectivity index (χ0) is 16.2. The van der Waals surface area contributed by atoms with Crippen LogP contribution in [0.2, 0.25) is 0 Å². The van der Waals surface area contributed by atoms with Gasteiger partial charge in [-0.1, -0.05) is 36.4 Å². The molecule has 0 aliphatic heterocycles. The fourth-order valence-electron chi connectivity index (χ4n) is 2.08. The summed E-state index contributed by atoms with van der Waals surface area (Å²) in [5.41, 5.74) is 2.06. The second-order valence-electron chi connectivity index (χ2n) is 5.14. The first-order valence-electron chi connectivity index (χ1n) is 7.09. The maximum atomic E-state index is 11.8. The van der Waals surface area contributed by atoms with Crippen molar-refractivity contribution in [2.45, 2.75) is 13.5 Å². The Morgan fingerprint density at radius 1 is 1.13 bits per heavy atom. The van der Waals surface area contributed by atoms with Crippen molar-refractivity contribution in [1.29, 1.82) is 0 Å². The third-order valence-corrected chi connectivity index (χ3v) is 3.25. The van der Waals surface area contributed by atoms with Crippen LogP contribution in [0, 0.1) is 6.92 Å². The molecule has 0 fully saturated rings. The van der Waals surface area contributed by atoms with Gasteiger partial charge in [-0.3, -0.25) is 15.0 Å². The van der Waals surface area contributed by atoms with E-state index < -0.39 is 5.69 Å². The van der Waals surface area contributed by atoms with Gasteiger partial charge in [0.15, 0.2) is 5.82 Å². The summed E-state index contributed by atoms with van der Waals surface area (Å²) in [6.45, 7) is 2.33. The fraction of sp³-hybridized carbons (Fsp3) is 0.125. The SMILES string of the molecule is Cc1ccc(-c2nc(N(N)Cc3ccccc3)nc(=O)[nH]2)nc1. The number of anilines is 1. The molecule has 0 radical (unpaired) electrons. The first-order chi connectivity index (χ1) is 11.1. The second kappa shape index (κ2) is 6.37. The van der Waals surface area contributed by atoms with Crippen molar-refractivity contribution >= 4 is 5.95 Å². The third-order valence-electron chi connectivity index (χ3n) is 3.25. The highest BCUT2D eigenvalue weighted by Crippen LogP contribution is 2.13. The van der Waals surface area contributed by atoms with Crippen LogP contribution in [0.1, 0.15) is 11.1 Å². The summed E-state index contributed by atoms with van der Waals surface area (Å²) >= 11 is 0.